The monoisotopic (exact) mass is 375 g/mol. The smallest absolute Gasteiger partial charge is 0.320 e. The van der Waals surface area contributed by atoms with Crippen LogP contribution in [0, 0.1) is 0 Å². The number of hydrogen-bond acceptors (Lipinski definition) is 6. The molecule has 1 N–H and O–H groups in total. The highest BCUT2D eigenvalue weighted by atomic mass is 16.5. The average Bonchev–Trinajstić information content (AvgIpc) is 3.21. The molecule has 0 bridgehead atoms. The van der Waals surface area contributed by atoms with Crippen molar-refractivity contribution in [1.82, 2.24) is 10.2 Å². The Morgan fingerprint density at radius 3 is 2.25 bits per heavy atom. The third-order valence-corrected chi connectivity index (χ3v) is 4.72. The highest BCUT2D eigenvalue weighted by Gasteiger charge is 2.17. The van der Waals surface area contributed by atoms with E-state index in [1.165, 1.54) is 0 Å². The molecule has 0 amide bonds. The summed E-state index contributed by atoms with van der Waals surface area (Å²) in [6.45, 7) is 2.05. The van der Waals surface area contributed by atoms with E-state index in [0.717, 1.165) is 33.5 Å². The molecule has 0 aliphatic rings. The molecule has 4 rings (SSSR count). The van der Waals surface area contributed by atoms with Crippen molar-refractivity contribution in [2.24, 2.45) is 0 Å². The largest absolute Gasteiger partial charge is 0.497 e. The van der Waals surface area contributed by atoms with Gasteiger partial charge >= 0.3 is 6.01 Å². The number of rotatable bonds is 6. The van der Waals surface area contributed by atoms with Gasteiger partial charge in [0.1, 0.15) is 11.5 Å². The van der Waals surface area contributed by atoms with Crippen molar-refractivity contribution in [2.45, 2.75) is 12.8 Å². The summed E-state index contributed by atoms with van der Waals surface area (Å²) in [5.74, 6) is 2.17. The van der Waals surface area contributed by atoms with Gasteiger partial charge in [-0.15, -0.1) is 5.10 Å². The number of anilines is 2. The van der Waals surface area contributed by atoms with E-state index in [4.69, 9.17) is 13.9 Å². The quantitative estimate of drug-likeness (QED) is 0.503. The zero-order valence-corrected chi connectivity index (χ0v) is 16.0. The molecule has 3 aromatic carbocycles. The van der Waals surface area contributed by atoms with E-state index in [-0.39, 0.29) is 5.92 Å². The first-order valence-corrected chi connectivity index (χ1v) is 8.98. The first kappa shape index (κ1) is 17.9. The number of ether oxygens (including phenoxy) is 2. The van der Waals surface area contributed by atoms with Crippen LogP contribution in [0.2, 0.25) is 0 Å². The number of hydrogen-bond donors (Lipinski definition) is 1. The summed E-state index contributed by atoms with van der Waals surface area (Å²) in [5, 5.41) is 13.7. The van der Waals surface area contributed by atoms with Crippen LogP contribution in [0.3, 0.4) is 0 Å². The minimum absolute atomic E-state index is 0.0228. The van der Waals surface area contributed by atoms with Gasteiger partial charge in [-0.25, -0.2) is 0 Å². The van der Waals surface area contributed by atoms with E-state index < -0.39 is 0 Å². The fourth-order valence-corrected chi connectivity index (χ4v) is 3.04. The van der Waals surface area contributed by atoms with Gasteiger partial charge in [-0.1, -0.05) is 29.4 Å². The Morgan fingerprint density at radius 2 is 1.50 bits per heavy atom. The van der Waals surface area contributed by atoms with Crippen molar-refractivity contribution >= 4 is 22.5 Å². The maximum absolute atomic E-state index is 5.82. The van der Waals surface area contributed by atoms with Gasteiger partial charge in [0.05, 0.1) is 20.1 Å². The molecule has 6 nitrogen and oxygen atoms in total. The predicted molar refractivity (Wildman–Crippen MR) is 109 cm³/mol. The standard InChI is InChI=1S/C22H21N3O3/c1-14(15-4-5-17-13-20(27-3)9-6-16(17)12-15)21-24-25-22(28-21)23-18-7-10-19(26-2)11-8-18/h4-14H,1-3H3,(H,23,25). The van der Waals surface area contributed by atoms with Crippen molar-refractivity contribution in [3.63, 3.8) is 0 Å². The maximum atomic E-state index is 5.82. The summed E-state index contributed by atoms with van der Waals surface area (Å²) in [7, 11) is 3.31. The second-order valence-electron chi connectivity index (χ2n) is 6.49. The van der Waals surface area contributed by atoms with Gasteiger partial charge in [0, 0.05) is 5.69 Å². The van der Waals surface area contributed by atoms with E-state index in [1.54, 1.807) is 14.2 Å². The lowest BCUT2D eigenvalue weighted by molar-refractivity contribution is 0.415. The highest BCUT2D eigenvalue weighted by Crippen LogP contribution is 2.29. The van der Waals surface area contributed by atoms with Gasteiger partial charge < -0.3 is 19.2 Å². The third kappa shape index (κ3) is 3.62. The van der Waals surface area contributed by atoms with Crippen LogP contribution in [0.4, 0.5) is 11.7 Å². The van der Waals surface area contributed by atoms with Crippen molar-refractivity contribution in [3.05, 3.63) is 72.1 Å². The summed E-state index contributed by atoms with van der Waals surface area (Å²) < 4.78 is 16.3. The molecule has 0 saturated heterocycles. The van der Waals surface area contributed by atoms with Crippen molar-refractivity contribution in [3.8, 4) is 11.5 Å². The SMILES string of the molecule is COc1ccc(Nc2nnc(C(C)c3ccc4cc(OC)ccc4c3)o2)cc1. The van der Waals surface area contributed by atoms with Crippen molar-refractivity contribution in [1.29, 1.82) is 0 Å². The molecule has 1 aromatic heterocycles. The van der Waals surface area contributed by atoms with E-state index in [2.05, 4.69) is 46.7 Å². The Kier molecular flexibility index (Phi) is 4.85. The van der Waals surface area contributed by atoms with Gasteiger partial charge in [-0.3, -0.25) is 0 Å². The summed E-state index contributed by atoms with van der Waals surface area (Å²) in [6, 6.07) is 20.2. The lowest BCUT2D eigenvalue weighted by atomic mass is 9.97. The number of benzene rings is 3. The Balaban J connectivity index is 1.53. The molecule has 0 saturated carbocycles. The molecule has 1 atom stereocenters. The van der Waals surface area contributed by atoms with Crippen LogP contribution < -0.4 is 14.8 Å². The number of nitrogens with one attached hydrogen (secondary N) is 1. The Labute approximate surface area is 163 Å². The van der Waals surface area contributed by atoms with E-state index in [9.17, 15) is 0 Å². The molecule has 28 heavy (non-hydrogen) atoms. The minimum Gasteiger partial charge on any atom is -0.497 e. The van der Waals surface area contributed by atoms with Crippen molar-refractivity contribution < 1.29 is 13.9 Å². The second kappa shape index (κ2) is 7.60. The third-order valence-electron chi connectivity index (χ3n) is 4.72. The van der Waals surface area contributed by atoms with Crippen LogP contribution in [0.15, 0.2) is 65.1 Å². The molecule has 1 unspecified atom stereocenters. The normalized spacial score (nSPS) is 12.0. The molecule has 142 valence electrons. The molecule has 1 heterocycles. The average molecular weight is 375 g/mol. The van der Waals surface area contributed by atoms with Gasteiger partial charge in [-0.2, -0.15) is 0 Å². The Hall–Kier alpha value is -3.54. The summed E-state index contributed by atoms with van der Waals surface area (Å²) in [6.07, 6.45) is 0. The van der Waals surface area contributed by atoms with Gasteiger partial charge in [0.25, 0.3) is 0 Å². The summed E-state index contributed by atoms with van der Waals surface area (Å²) >= 11 is 0. The number of fused-ring (bicyclic) bond motifs is 1. The molecule has 0 aliphatic carbocycles. The molecule has 0 radical (unpaired) electrons. The van der Waals surface area contributed by atoms with Crippen LogP contribution in [-0.2, 0) is 0 Å². The Morgan fingerprint density at radius 1 is 0.821 bits per heavy atom. The van der Waals surface area contributed by atoms with Crippen LogP contribution >= 0.6 is 0 Å². The fraction of sp³-hybridized carbons (Fsp3) is 0.182. The van der Waals surface area contributed by atoms with Crippen LogP contribution in [0.25, 0.3) is 10.8 Å². The van der Waals surface area contributed by atoms with Gasteiger partial charge in [0.2, 0.25) is 5.89 Å². The zero-order valence-electron chi connectivity index (χ0n) is 16.0. The zero-order chi connectivity index (χ0) is 19.5. The topological polar surface area (TPSA) is 69.4 Å². The van der Waals surface area contributed by atoms with Gasteiger partial charge in [0.15, 0.2) is 0 Å². The minimum atomic E-state index is -0.0228. The summed E-state index contributed by atoms with van der Waals surface area (Å²) in [4.78, 5) is 0. The van der Waals surface area contributed by atoms with Crippen LogP contribution in [0.1, 0.15) is 24.3 Å². The molecule has 0 spiro atoms. The first-order chi connectivity index (χ1) is 13.7. The molecule has 4 aromatic rings. The predicted octanol–water partition coefficient (Wildman–Crippen LogP) is 5.14. The molecular formula is C22H21N3O3. The lowest BCUT2D eigenvalue weighted by Gasteiger charge is -2.09. The first-order valence-electron chi connectivity index (χ1n) is 8.98. The molecule has 0 aliphatic heterocycles. The van der Waals surface area contributed by atoms with E-state index in [1.807, 2.05) is 36.4 Å². The van der Waals surface area contributed by atoms with E-state index >= 15 is 0 Å². The van der Waals surface area contributed by atoms with E-state index in [0.29, 0.717) is 11.9 Å². The second-order valence-corrected chi connectivity index (χ2v) is 6.49. The van der Waals surface area contributed by atoms with Crippen LogP contribution in [-0.4, -0.2) is 24.4 Å². The highest BCUT2D eigenvalue weighted by molar-refractivity contribution is 5.84. The van der Waals surface area contributed by atoms with Gasteiger partial charge in [-0.05, 0) is 59.7 Å². The molecular weight excluding hydrogens is 354 g/mol. The molecule has 0 fully saturated rings. The van der Waals surface area contributed by atoms with Crippen LogP contribution in [0.5, 0.6) is 11.5 Å². The summed E-state index contributed by atoms with van der Waals surface area (Å²) in [5.41, 5.74) is 1.96. The lowest BCUT2D eigenvalue weighted by Crippen LogP contribution is -1.96. The Bertz CT molecular complexity index is 1090. The maximum Gasteiger partial charge on any atom is 0.320 e. The number of aromatic nitrogens is 2. The fourth-order valence-electron chi connectivity index (χ4n) is 3.04. The molecule has 6 heteroatoms. The number of methoxy groups -OCH3 is 2. The van der Waals surface area contributed by atoms with Crippen molar-refractivity contribution in [2.75, 3.05) is 19.5 Å². The number of nitrogens with zero attached hydrogens (tertiary/aromatic N) is 2.